The SMILES string of the molecule is CCc1nc2c(cc1NC(=O)C1CCCCC1)c(OCC(F)(F)F)c(C(=O)O)n2C. The van der Waals surface area contributed by atoms with Crippen molar-refractivity contribution in [3.05, 3.63) is 17.5 Å². The number of halogens is 3. The lowest BCUT2D eigenvalue weighted by Crippen LogP contribution is -2.25. The smallest absolute Gasteiger partial charge is 0.422 e. The number of aryl methyl sites for hydroxylation is 2. The number of hydrogen-bond acceptors (Lipinski definition) is 4. The minimum Gasteiger partial charge on any atom is -0.481 e. The van der Waals surface area contributed by atoms with E-state index < -0.39 is 30.2 Å². The first-order valence-corrected chi connectivity index (χ1v) is 9.88. The predicted octanol–water partition coefficient (Wildman–Crippen LogP) is 4.29. The standard InChI is InChI=1S/C20H24F3N3O4/c1-3-13-14(25-18(27)11-7-5-4-6-8-11)9-12-16(30-10-20(21,22)23)15(19(28)29)26(2)17(12)24-13/h9,11H,3-8,10H2,1-2H3,(H,25,27)(H,28,29). The number of aromatic nitrogens is 2. The van der Waals surface area contributed by atoms with Crippen LogP contribution in [0.3, 0.4) is 0 Å². The van der Waals surface area contributed by atoms with Crippen LogP contribution >= 0.6 is 0 Å². The molecule has 10 heteroatoms. The molecule has 0 aliphatic heterocycles. The molecule has 1 amide bonds. The summed E-state index contributed by atoms with van der Waals surface area (Å²) in [6, 6.07) is 1.46. The van der Waals surface area contributed by atoms with Crippen LogP contribution < -0.4 is 10.1 Å². The fraction of sp³-hybridized carbons (Fsp3) is 0.550. The molecule has 1 saturated carbocycles. The summed E-state index contributed by atoms with van der Waals surface area (Å²) in [6.45, 7) is 0.193. The number of nitrogens with one attached hydrogen (secondary N) is 1. The Hall–Kier alpha value is -2.78. The van der Waals surface area contributed by atoms with Crippen LogP contribution in [-0.4, -0.2) is 39.3 Å². The average molecular weight is 427 g/mol. The molecule has 2 N–H and O–H groups in total. The van der Waals surface area contributed by atoms with Gasteiger partial charge in [0.15, 0.2) is 18.1 Å². The molecule has 0 aromatic carbocycles. The first kappa shape index (κ1) is 21.9. The van der Waals surface area contributed by atoms with Gasteiger partial charge in [-0.1, -0.05) is 26.2 Å². The summed E-state index contributed by atoms with van der Waals surface area (Å²) >= 11 is 0. The normalized spacial score (nSPS) is 15.4. The van der Waals surface area contributed by atoms with Gasteiger partial charge in [-0.2, -0.15) is 13.2 Å². The number of aromatic carboxylic acids is 1. The third-order valence-electron chi connectivity index (χ3n) is 5.35. The molecule has 1 fully saturated rings. The van der Waals surface area contributed by atoms with Crippen LogP contribution in [0.25, 0.3) is 11.0 Å². The highest BCUT2D eigenvalue weighted by Gasteiger charge is 2.32. The molecule has 0 spiro atoms. The number of ether oxygens (including phenoxy) is 1. The number of rotatable bonds is 6. The number of carbonyl (C=O) groups is 2. The van der Waals surface area contributed by atoms with Crippen LogP contribution in [0.2, 0.25) is 0 Å². The van der Waals surface area contributed by atoms with Crippen LogP contribution in [0, 0.1) is 5.92 Å². The van der Waals surface area contributed by atoms with Gasteiger partial charge < -0.3 is 19.7 Å². The fourth-order valence-electron chi connectivity index (χ4n) is 3.87. The van der Waals surface area contributed by atoms with Gasteiger partial charge in [-0.3, -0.25) is 4.79 Å². The Morgan fingerprint density at radius 1 is 1.30 bits per heavy atom. The molecular weight excluding hydrogens is 403 g/mol. The summed E-state index contributed by atoms with van der Waals surface area (Å²) in [5, 5.41) is 12.5. The second-order valence-electron chi connectivity index (χ2n) is 7.48. The number of carboxylic acids is 1. The Kier molecular flexibility index (Phi) is 6.23. The quantitative estimate of drug-likeness (QED) is 0.717. The lowest BCUT2D eigenvalue weighted by Gasteiger charge is -2.21. The van der Waals surface area contributed by atoms with Gasteiger partial charge in [0.25, 0.3) is 0 Å². The molecule has 7 nitrogen and oxygen atoms in total. The molecule has 30 heavy (non-hydrogen) atoms. The summed E-state index contributed by atoms with van der Waals surface area (Å²) < 4.78 is 44.2. The highest BCUT2D eigenvalue weighted by Crippen LogP contribution is 2.36. The van der Waals surface area contributed by atoms with Crippen molar-refractivity contribution in [2.24, 2.45) is 13.0 Å². The van der Waals surface area contributed by atoms with E-state index in [4.69, 9.17) is 4.74 Å². The molecule has 0 bridgehead atoms. The maximum absolute atomic E-state index is 12.7. The molecule has 2 heterocycles. The minimum absolute atomic E-state index is 0.107. The zero-order valence-corrected chi connectivity index (χ0v) is 16.8. The summed E-state index contributed by atoms with van der Waals surface area (Å²) in [5.74, 6) is -2.12. The third-order valence-corrected chi connectivity index (χ3v) is 5.35. The van der Waals surface area contributed by atoms with E-state index in [-0.39, 0.29) is 22.9 Å². The minimum atomic E-state index is -4.63. The second kappa shape index (κ2) is 8.53. The molecule has 0 atom stereocenters. The molecular formula is C20H24F3N3O4. The van der Waals surface area contributed by atoms with Crippen molar-refractivity contribution in [1.82, 2.24) is 9.55 Å². The van der Waals surface area contributed by atoms with E-state index in [2.05, 4.69) is 10.3 Å². The van der Waals surface area contributed by atoms with Crippen LogP contribution in [0.15, 0.2) is 6.07 Å². The number of anilines is 1. The second-order valence-corrected chi connectivity index (χ2v) is 7.48. The van der Waals surface area contributed by atoms with Gasteiger partial charge in [-0.05, 0) is 25.3 Å². The Labute approximate surface area is 171 Å². The van der Waals surface area contributed by atoms with Crippen molar-refractivity contribution >= 4 is 28.6 Å². The zero-order chi connectivity index (χ0) is 22.1. The van der Waals surface area contributed by atoms with E-state index in [1.165, 1.54) is 17.7 Å². The van der Waals surface area contributed by atoms with Gasteiger partial charge in [0.1, 0.15) is 5.65 Å². The van der Waals surface area contributed by atoms with Crippen molar-refractivity contribution in [1.29, 1.82) is 0 Å². The Balaban J connectivity index is 2.05. The topological polar surface area (TPSA) is 93.4 Å². The van der Waals surface area contributed by atoms with E-state index in [0.717, 1.165) is 32.1 Å². The average Bonchev–Trinajstić information content (AvgIpc) is 2.97. The van der Waals surface area contributed by atoms with Crippen molar-refractivity contribution in [2.45, 2.75) is 51.6 Å². The largest absolute Gasteiger partial charge is 0.481 e. The number of alkyl halides is 3. The molecule has 1 aliphatic rings. The van der Waals surface area contributed by atoms with Gasteiger partial charge in [-0.25, -0.2) is 9.78 Å². The number of fused-ring (bicyclic) bond motifs is 1. The van der Waals surface area contributed by atoms with Gasteiger partial charge in [0, 0.05) is 13.0 Å². The van der Waals surface area contributed by atoms with E-state index >= 15 is 0 Å². The monoisotopic (exact) mass is 427 g/mol. The van der Waals surface area contributed by atoms with Gasteiger partial charge in [0.05, 0.1) is 16.8 Å². The van der Waals surface area contributed by atoms with Crippen LogP contribution in [0.5, 0.6) is 5.75 Å². The predicted molar refractivity (Wildman–Crippen MR) is 104 cm³/mol. The summed E-state index contributed by atoms with van der Waals surface area (Å²) in [4.78, 5) is 28.8. The number of nitrogens with zero attached hydrogens (tertiary/aromatic N) is 2. The summed E-state index contributed by atoms with van der Waals surface area (Å²) in [6.07, 6.45) is 0.446. The molecule has 2 aromatic rings. The molecule has 1 aliphatic carbocycles. The zero-order valence-electron chi connectivity index (χ0n) is 16.8. The van der Waals surface area contributed by atoms with Crippen molar-refractivity contribution in [2.75, 3.05) is 11.9 Å². The lowest BCUT2D eigenvalue weighted by atomic mass is 9.88. The summed E-state index contributed by atoms with van der Waals surface area (Å²) in [5.41, 5.74) is 0.628. The summed E-state index contributed by atoms with van der Waals surface area (Å²) in [7, 11) is 1.40. The highest BCUT2D eigenvalue weighted by molar-refractivity contribution is 6.02. The molecule has 0 saturated heterocycles. The molecule has 2 aromatic heterocycles. The lowest BCUT2D eigenvalue weighted by molar-refractivity contribution is -0.153. The molecule has 3 rings (SSSR count). The Bertz CT molecular complexity index is 963. The Morgan fingerprint density at radius 3 is 2.53 bits per heavy atom. The fourth-order valence-corrected chi connectivity index (χ4v) is 3.87. The molecule has 164 valence electrons. The number of carbonyl (C=O) groups excluding carboxylic acids is 1. The molecule has 0 radical (unpaired) electrons. The molecule has 0 unspecified atom stereocenters. The first-order chi connectivity index (χ1) is 14.1. The van der Waals surface area contributed by atoms with Crippen molar-refractivity contribution in [3.63, 3.8) is 0 Å². The first-order valence-electron chi connectivity index (χ1n) is 9.88. The van der Waals surface area contributed by atoms with Crippen LogP contribution in [-0.2, 0) is 18.3 Å². The van der Waals surface area contributed by atoms with E-state index in [0.29, 0.717) is 17.8 Å². The van der Waals surface area contributed by atoms with Crippen molar-refractivity contribution in [3.8, 4) is 5.75 Å². The highest BCUT2D eigenvalue weighted by atomic mass is 19.4. The van der Waals surface area contributed by atoms with Crippen molar-refractivity contribution < 1.29 is 32.6 Å². The number of carboxylic acid groups (broad SMARTS) is 1. The van der Waals surface area contributed by atoms with Gasteiger partial charge in [-0.15, -0.1) is 0 Å². The number of pyridine rings is 1. The van der Waals surface area contributed by atoms with Crippen LogP contribution in [0.1, 0.15) is 55.2 Å². The third kappa shape index (κ3) is 4.52. The van der Waals surface area contributed by atoms with Gasteiger partial charge in [0.2, 0.25) is 5.91 Å². The number of amides is 1. The maximum Gasteiger partial charge on any atom is 0.422 e. The number of hydrogen-bond donors (Lipinski definition) is 2. The van der Waals surface area contributed by atoms with Gasteiger partial charge >= 0.3 is 12.1 Å². The van der Waals surface area contributed by atoms with Crippen LogP contribution in [0.4, 0.5) is 18.9 Å². The Morgan fingerprint density at radius 2 is 1.97 bits per heavy atom. The maximum atomic E-state index is 12.7. The van der Waals surface area contributed by atoms with E-state index in [9.17, 15) is 27.9 Å². The van der Waals surface area contributed by atoms with E-state index in [1.807, 2.05) is 6.92 Å². The van der Waals surface area contributed by atoms with E-state index in [1.54, 1.807) is 0 Å².